The molecule has 8 nitrogen and oxygen atoms in total. The van der Waals surface area contributed by atoms with Crippen molar-refractivity contribution in [3.05, 3.63) is 59.7 Å². The highest BCUT2D eigenvalue weighted by molar-refractivity contribution is 5.98. The molecule has 232 valence electrons. The Morgan fingerprint density at radius 1 is 0.930 bits per heavy atom. The number of ether oxygens (including phenoxy) is 1. The van der Waals surface area contributed by atoms with Gasteiger partial charge in [-0.05, 0) is 101 Å². The van der Waals surface area contributed by atoms with Crippen molar-refractivity contribution in [2.45, 2.75) is 78.7 Å². The van der Waals surface area contributed by atoms with E-state index in [1.807, 2.05) is 47.4 Å². The molecule has 43 heavy (non-hydrogen) atoms. The smallest absolute Gasteiger partial charge is 0.330 e. The summed E-state index contributed by atoms with van der Waals surface area (Å²) in [6.07, 6.45) is 12.3. The van der Waals surface area contributed by atoms with E-state index in [-0.39, 0.29) is 11.9 Å². The van der Waals surface area contributed by atoms with Crippen molar-refractivity contribution in [2.24, 2.45) is 0 Å². The molecule has 0 aliphatic carbocycles. The summed E-state index contributed by atoms with van der Waals surface area (Å²) in [7, 11) is 0. The molecule has 4 rings (SSSR count). The Hall–Kier alpha value is -3.65. The van der Waals surface area contributed by atoms with E-state index in [1.54, 1.807) is 13.0 Å². The Kier molecular flexibility index (Phi) is 12.6. The topological polar surface area (TPSA) is 79.7 Å². The normalized spacial score (nSPS) is 13.9. The molecule has 2 aromatic carbocycles. The molecule has 0 atom stereocenters. The van der Waals surface area contributed by atoms with Gasteiger partial charge in [0, 0.05) is 37.0 Å². The van der Waals surface area contributed by atoms with Gasteiger partial charge in [-0.15, -0.1) is 0 Å². The van der Waals surface area contributed by atoms with Gasteiger partial charge in [0.25, 0.3) is 5.91 Å². The van der Waals surface area contributed by atoms with E-state index in [4.69, 9.17) is 9.72 Å². The van der Waals surface area contributed by atoms with Gasteiger partial charge >= 0.3 is 5.97 Å². The molecule has 0 unspecified atom stereocenters. The highest BCUT2D eigenvalue weighted by atomic mass is 16.5. The second kappa shape index (κ2) is 16.8. The van der Waals surface area contributed by atoms with Gasteiger partial charge in [0.1, 0.15) is 0 Å². The lowest BCUT2D eigenvalue weighted by Gasteiger charge is -2.26. The number of piperidine rings is 1. The van der Waals surface area contributed by atoms with Gasteiger partial charge in [-0.3, -0.25) is 4.79 Å². The fourth-order valence-electron chi connectivity index (χ4n) is 5.57. The average molecular weight is 588 g/mol. The van der Waals surface area contributed by atoms with Crippen molar-refractivity contribution < 1.29 is 14.3 Å². The molecule has 1 fully saturated rings. The van der Waals surface area contributed by atoms with Crippen LogP contribution in [-0.2, 0) is 16.1 Å². The number of hydrogen-bond acceptors (Lipinski definition) is 6. The van der Waals surface area contributed by atoms with Gasteiger partial charge in [0.2, 0.25) is 5.95 Å². The van der Waals surface area contributed by atoms with Crippen molar-refractivity contribution >= 4 is 40.6 Å². The van der Waals surface area contributed by atoms with E-state index in [0.29, 0.717) is 6.61 Å². The summed E-state index contributed by atoms with van der Waals surface area (Å²) in [5, 5.41) is 3.52. The number of imidazole rings is 1. The number of fused-ring (bicyclic) bond motifs is 1. The summed E-state index contributed by atoms with van der Waals surface area (Å²) in [4.78, 5) is 34.8. The Bertz CT molecular complexity index is 1330. The Morgan fingerprint density at radius 2 is 1.65 bits per heavy atom. The van der Waals surface area contributed by atoms with Crippen LogP contribution in [0.3, 0.4) is 0 Å². The maximum atomic E-state index is 13.6. The maximum absolute atomic E-state index is 13.6. The van der Waals surface area contributed by atoms with Crippen molar-refractivity contribution in [3.63, 3.8) is 0 Å². The Labute approximate surface area is 257 Å². The molecule has 1 aliphatic heterocycles. The predicted molar refractivity (Wildman–Crippen MR) is 176 cm³/mol. The Morgan fingerprint density at radius 3 is 2.33 bits per heavy atom. The van der Waals surface area contributed by atoms with Crippen LogP contribution in [0.25, 0.3) is 17.1 Å². The van der Waals surface area contributed by atoms with Crippen LogP contribution in [0.4, 0.5) is 11.6 Å². The second-order valence-electron chi connectivity index (χ2n) is 11.4. The van der Waals surface area contributed by atoms with Crippen molar-refractivity contribution in [2.75, 3.05) is 44.6 Å². The number of carbonyl (C=O) groups excluding carboxylic acids is 2. The van der Waals surface area contributed by atoms with Crippen LogP contribution in [0.15, 0.2) is 48.5 Å². The first-order valence-corrected chi connectivity index (χ1v) is 16.3. The van der Waals surface area contributed by atoms with Gasteiger partial charge in [-0.25, -0.2) is 9.78 Å². The third-order valence-electron chi connectivity index (χ3n) is 8.02. The van der Waals surface area contributed by atoms with Gasteiger partial charge in [-0.2, -0.15) is 0 Å². The second-order valence-corrected chi connectivity index (χ2v) is 11.4. The van der Waals surface area contributed by atoms with Gasteiger partial charge in [0.15, 0.2) is 0 Å². The molecule has 1 N–H and O–H groups in total. The van der Waals surface area contributed by atoms with Crippen LogP contribution in [0.1, 0.15) is 88.1 Å². The number of unbranched alkanes of at least 4 members (excludes halogenated alkanes) is 2. The Balaban J connectivity index is 1.58. The van der Waals surface area contributed by atoms with Crippen molar-refractivity contribution in [1.82, 2.24) is 19.4 Å². The molecule has 0 spiro atoms. The van der Waals surface area contributed by atoms with E-state index in [0.717, 1.165) is 92.1 Å². The maximum Gasteiger partial charge on any atom is 0.330 e. The molecule has 8 heteroatoms. The molecule has 0 bridgehead atoms. The molecule has 0 radical (unpaired) electrons. The number of likely N-dealkylation sites (tertiary alicyclic amines) is 1. The number of anilines is 2. The quantitative estimate of drug-likeness (QED) is 0.140. The molecule has 3 aromatic rings. The highest BCUT2D eigenvalue weighted by Gasteiger charge is 2.19. The minimum Gasteiger partial charge on any atom is -0.463 e. The van der Waals surface area contributed by atoms with Crippen molar-refractivity contribution in [1.29, 1.82) is 0 Å². The summed E-state index contributed by atoms with van der Waals surface area (Å²) in [6.45, 7) is 12.3. The molecular weight excluding hydrogens is 538 g/mol. The third kappa shape index (κ3) is 9.42. The number of hydrogen-bond donors (Lipinski definition) is 1. The molecule has 1 aliphatic rings. The number of amides is 1. The molecule has 0 saturated carbocycles. The summed E-state index contributed by atoms with van der Waals surface area (Å²) in [5.74, 6) is 0.521. The zero-order valence-electron chi connectivity index (χ0n) is 26.3. The lowest BCUT2D eigenvalue weighted by atomic mass is 10.1. The van der Waals surface area contributed by atoms with Crippen molar-refractivity contribution in [3.8, 4) is 0 Å². The number of aromatic nitrogens is 2. The highest BCUT2D eigenvalue weighted by Crippen LogP contribution is 2.26. The van der Waals surface area contributed by atoms with Crippen LogP contribution < -0.4 is 5.32 Å². The molecule has 1 amide bonds. The van der Waals surface area contributed by atoms with Crippen LogP contribution in [0.2, 0.25) is 0 Å². The lowest BCUT2D eigenvalue weighted by molar-refractivity contribution is -0.137. The number of nitrogens with zero attached hydrogens (tertiary/aromatic N) is 4. The largest absolute Gasteiger partial charge is 0.463 e. The SMILES string of the molecule is CCCCN(CCCC)C(=O)c1ccc2nc(Nc3ccc(C=CC(=O)OCC)cc3)n(CCCN3CCCCC3)c2c1. The molecule has 1 saturated heterocycles. The van der Waals surface area contributed by atoms with Crippen LogP contribution in [0.5, 0.6) is 0 Å². The van der Waals surface area contributed by atoms with E-state index >= 15 is 0 Å². The monoisotopic (exact) mass is 587 g/mol. The van der Waals surface area contributed by atoms with Crippen LogP contribution >= 0.6 is 0 Å². The van der Waals surface area contributed by atoms with E-state index in [2.05, 4.69) is 28.6 Å². The van der Waals surface area contributed by atoms with Crippen LogP contribution in [-0.4, -0.2) is 70.6 Å². The first-order valence-electron chi connectivity index (χ1n) is 16.3. The van der Waals surface area contributed by atoms with E-state index < -0.39 is 0 Å². The zero-order chi connectivity index (χ0) is 30.4. The molecule has 2 heterocycles. The van der Waals surface area contributed by atoms with E-state index in [1.165, 1.54) is 38.4 Å². The van der Waals surface area contributed by atoms with Crippen LogP contribution in [0, 0.1) is 0 Å². The average Bonchev–Trinajstić information content (AvgIpc) is 3.37. The first kappa shape index (κ1) is 32.3. The van der Waals surface area contributed by atoms with Gasteiger partial charge < -0.3 is 24.4 Å². The van der Waals surface area contributed by atoms with E-state index in [9.17, 15) is 9.59 Å². The summed E-state index contributed by atoms with van der Waals surface area (Å²) in [6, 6.07) is 13.8. The zero-order valence-corrected chi connectivity index (χ0v) is 26.3. The number of carbonyl (C=O) groups is 2. The number of aryl methyl sites for hydroxylation is 1. The molecule has 1 aromatic heterocycles. The first-order chi connectivity index (χ1) is 21.0. The molecular formula is C35H49N5O3. The van der Waals surface area contributed by atoms with Gasteiger partial charge in [0.05, 0.1) is 17.6 Å². The van der Waals surface area contributed by atoms with Gasteiger partial charge in [-0.1, -0.05) is 45.2 Å². The number of benzene rings is 2. The summed E-state index contributed by atoms with van der Waals surface area (Å²) >= 11 is 0. The lowest BCUT2D eigenvalue weighted by Crippen LogP contribution is -2.33. The fraction of sp³-hybridized carbons (Fsp3) is 0.514. The predicted octanol–water partition coefficient (Wildman–Crippen LogP) is 7.27. The minimum absolute atomic E-state index is 0.103. The number of rotatable bonds is 16. The number of esters is 1. The summed E-state index contributed by atoms with van der Waals surface area (Å²) in [5.41, 5.74) is 4.39. The summed E-state index contributed by atoms with van der Waals surface area (Å²) < 4.78 is 7.20. The number of nitrogens with one attached hydrogen (secondary N) is 1. The fourth-order valence-corrected chi connectivity index (χ4v) is 5.57. The minimum atomic E-state index is -0.348. The third-order valence-corrected chi connectivity index (χ3v) is 8.02. The standard InChI is InChI=1S/C35H49N5O3/c1-4-7-24-39(25-8-5-2)34(42)29-16-19-31-32(27-29)40(26-12-23-38-21-10-9-11-22-38)35(37-31)36-30-17-13-28(14-18-30)15-20-33(41)43-6-3/h13-20,27H,4-12,21-26H2,1-3H3,(H,36,37).